The van der Waals surface area contributed by atoms with Gasteiger partial charge in [-0.1, -0.05) is 19.1 Å². The number of rotatable bonds is 8. The molecule has 19 heavy (non-hydrogen) atoms. The number of hydrogen-bond donors (Lipinski definition) is 1. The highest BCUT2D eigenvalue weighted by Crippen LogP contribution is 2.06. The van der Waals surface area contributed by atoms with Gasteiger partial charge in [-0.2, -0.15) is 0 Å². The molecule has 0 aromatic heterocycles. The van der Waals surface area contributed by atoms with Crippen LogP contribution >= 0.6 is 0 Å². The van der Waals surface area contributed by atoms with Crippen LogP contribution < -0.4 is 5.32 Å². The predicted molar refractivity (Wildman–Crippen MR) is 70.5 cm³/mol. The van der Waals surface area contributed by atoms with Crippen LogP contribution in [0.5, 0.6) is 0 Å². The quantitative estimate of drug-likeness (QED) is 0.316. The van der Waals surface area contributed by atoms with Crippen molar-refractivity contribution < 1.29 is 23.8 Å². The van der Waals surface area contributed by atoms with E-state index in [1.807, 2.05) is 13.0 Å². The van der Waals surface area contributed by atoms with Crippen molar-refractivity contribution >= 4 is 12.1 Å². The Labute approximate surface area is 114 Å². The summed E-state index contributed by atoms with van der Waals surface area (Å²) in [5.41, 5.74) is 0. The molecule has 0 fully saturated rings. The minimum atomic E-state index is -1.14. The number of nitrogens with one attached hydrogen (secondary N) is 1. The summed E-state index contributed by atoms with van der Waals surface area (Å²) < 4.78 is 14.1. The standard InChI is InChI=1S/C13H23NO5/c1-5-7-10(2)8-6-9-19-13(16)14-11(17-3)12(15)18-4/h5,7,10-11H,6,8-9H2,1-4H3,(H,14,16). The molecule has 6 nitrogen and oxygen atoms in total. The third-order valence-electron chi connectivity index (χ3n) is 2.46. The Morgan fingerprint density at radius 3 is 2.53 bits per heavy atom. The molecule has 0 rings (SSSR count). The number of amides is 1. The normalized spacial score (nSPS) is 13.9. The first-order valence-electron chi connectivity index (χ1n) is 6.21. The van der Waals surface area contributed by atoms with Crippen LogP contribution in [0.25, 0.3) is 0 Å². The minimum Gasteiger partial charge on any atom is -0.466 e. The second kappa shape index (κ2) is 10.4. The van der Waals surface area contributed by atoms with Crippen molar-refractivity contribution in [2.45, 2.75) is 32.9 Å². The molecule has 0 aliphatic carbocycles. The number of carbonyl (C=O) groups is 2. The molecule has 0 spiro atoms. The van der Waals surface area contributed by atoms with E-state index in [2.05, 4.69) is 23.1 Å². The van der Waals surface area contributed by atoms with Gasteiger partial charge in [0.15, 0.2) is 0 Å². The molecule has 110 valence electrons. The lowest BCUT2D eigenvalue weighted by Crippen LogP contribution is -2.43. The third-order valence-corrected chi connectivity index (χ3v) is 2.46. The fourth-order valence-corrected chi connectivity index (χ4v) is 1.46. The molecule has 1 amide bonds. The molecule has 0 aromatic rings. The van der Waals surface area contributed by atoms with Crippen molar-refractivity contribution in [2.75, 3.05) is 20.8 Å². The fourth-order valence-electron chi connectivity index (χ4n) is 1.46. The Morgan fingerprint density at radius 2 is 2.00 bits per heavy atom. The van der Waals surface area contributed by atoms with E-state index >= 15 is 0 Å². The number of alkyl carbamates (subject to hydrolysis) is 1. The maximum Gasteiger partial charge on any atom is 0.409 e. The molecule has 0 saturated heterocycles. The lowest BCUT2D eigenvalue weighted by atomic mass is 10.1. The van der Waals surface area contributed by atoms with Crippen molar-refractivity contribution in [1.82, 2.24) is 5.32 Å². The SMILES string of the molecule is CC=CC(C)CCCOC(=O)NC(OC)C(=O)OC. The molecule has 0 bridgehead atoms. The Hall–Kier alpha value is -1.56. The summed E-state index contributed by atoms with van der Waals surface area (Å²) in [5, 5.41) is 2.26. The molecular formula is C13H23NO5. The number of carbonyl (C=O) groups excluding carboxylic acids is 2. The van der Waals surface area contributed by atoms with Gasteiger partial charge in [0.2, 0.25) is 6.23 Å². The van der Waals surface area contributed by atoms with Gasteiger partial charge >= 0.3 is 12.1 Å². The molecule has 0 aromatic carbocycles. The molecule has 6 heteroatoms. The highest BCUT2D eigenvalue weighted by Gasteiger charge is 2.21. The van der Waals surface area contributed by atoms with E-state index in [-0.39, 0.29) is 0 Å². The van der Waals surface area contributed by atoms with Crippen LogP contribution in [-0.4, -0.2) is 39.1 Å². The van der Waals surface area contributed by atoms with Gasteiger partial charge in [-0.15, -0.1) is 0 Å². The number of esters is 1. The molecule has 0 radical (unpaired) electrons. The van der Waals surface area contributed by atoms with Crippen LogP contribution in [0.4, 0.5) is 4.79 Å². The lowest BCUT2D eigenvalue weighted by Gasteiger charge is -2.14. The van der Waals surface area contributed by atoms with Gasteiger partial charge in [0.05, 0.1) is 13.7 Å². The second-order valence-electron chi connectivity index (χ2n) is 4.06. The largest absolute Gasteiger partial charge is 0.466 e. The van der Waals surface area contributed by atoms with Gasteiger partial charge in [0.1, 0.15) is 0 Å². The van der Waals surface area contributed by atoms with Gasteiger partial charge in [-0.3, -0.25) is 5.32 Å². The molecule has 0 heterocycles. The summed E-state index contributed by atoms with van der Waals surface area (Å²) in [7, 11) is 2.50. The van der Waals surface area contributed by atoms with E-state index in [1.165, 1.54) is 14.2 Å². The minimum absolute atomic E-state index is 0.297. The summed E-state index contributed by atoms with van der Waals surface area (Å²) in [6.45, 7) is 4.36. The maximum atomic E-state index is 11.4. The van der Waals surface area contributed by atoms with Crippen molar-refractivity contribution in [2.24, 2.45) is 5.92 Å². The Morgan fingerprint density at radius 1 is 1.32 bits per heavy atom. The van der Waals surface area contributed by atoms with Crippen LogP contribution in [0.1, 0.15) is 26.7 Å². The van der Waals surface area contributed by atoms with Crippen LogP contribution in [0.15, 0.2) is 12.2 Å². The topological polar surface area (TPSA) is 73.9 Å². The van der Waals surface area contributed by atoms with Crippen LogP contribution in [0.3, 0.4) is 0 Å². The van der Waals surface area contributed by atoms with Crippen LogP contribution in [0, 0.1) is 5.92 Å². The number of methoxy groups -OCH3 is 2. The monoisotopic (exact) mass is 273 g/mol. The molecule has 0 saturated carbocycles. The van der Waals surface area contributed by atoms with E-state index in [4.69, 9.17) is 9.47 Å². The number of ether oxygens (including phenoxy) is 3. The van der Waals surface area contributed by atoms with Crippen molar-refractivity contribution in [3.8, 4) is 0 Å². The van der Waals surface area contributed by atoms with E-state index in [9.17, 15) is 9.59 Å². The zero-order valence-corrected chi connectivity index (χ0v) is 12.0. The molecule has 0 aliphatic rings. The Balaban J connectivity index is 3.83. The van der Waals surface area contributed by atoms with Crippen molar-refractivity contribution in [3.05, 3.63) is 12.2 Å². The molecular weight excluding hydrogens is 250 g/mol. The fraction of sp³-hybridized carbons (Fsp3) is 0.692. The first-order chi connectivity index (χ1) is 9.04. The van der Waals surface area contributed by atoms with E-state index in [0.717, 1.165) is 12.8 Å². The van der Waals surface area contributed by atoms with Crippen LogP contribution in [0.2, 0.25) is 0 Å². The summed E-state index contributed by atoms with van der Waals surface area (Å²) in [5.74, 6) is -0.223. The smallest absolute Gasteiger partial charge is 0.409 e. The number of hydrogen-bond acceptors (Lipinski definition) is 5. The average molecular weight is 273 g/mol. The summed E-state index contributed by atoms with van der Waals surface area (Å²) in [4.78, 5) is 22.5. The lowest BCUT2D eigenvalue weighted by molar-refractivity contribution is -0.153. The van der Waals surface area contributed by atoms with Crippen molar-refractivity contribution in [1.29, 1.82) is 0 Å². The highest BCUT2D eigenvalue weighted by atomic mass is 16.6. The third kappa shape index (κ3) is 8.20. The second-order valence-corrected chi connectivity index (χ2v) is 4.06. The summed E-state index contributed by atoms with van der Waals surface area (Å²) >= 11 is 0. The molecule has 1 N–H and O–H groups in total. The van der Waals surface area contributed by atoms with E-state index in [0.29, 0.717) is 12.5 Å². The Bertz CT molecular complexity index is 303. The van der Waals surface area contributed by atoms with Gasteiger partial charge in [0.25, 0.3) is 0 Å². The van der Waals surface area contributed by atoms with E-state index in [1.54, 1.807) is 0 Å². The maximum absolute atomic E-state index is 11.4. The summed E-state index contributed by atoms with van der Waals surface area (Å²) in [6, 6.07) is 0. The Kier molecular flexibility index (Phi) is 9.52. The van der Waals surface area contributed by atoms with Gasteiger partial charge in [-0.25, -0.2) is 9.59 Å². The van der Waals surface area contributed by atoms with Gasteiger partial charge < -0.3 is 14.2 Å². The first-order valence-corrected chi connectivity index (χ1v) is 6.21. The van der Waals surface area contributed by atoms with Gasteiger partial charge in [0, 0.05) is 7.11 Å². The van der Waals surface area contributed by atoms with Gasteiger partial charge in [-0.05, 0) is 25.7 Å². The zero-order chi connectivity index (χ0) is 14.7. The molecule has 2 unspecified atom stereocenters. The predicted octanol–water partition coefficient (Wildman–Crippen LogP) is 1.85. The van der Waals surface area contributed by atoms with E-state index < -0.39 is 18.3 Å². The summed E-state index contributed by atoms with van der Waals surface area (Å²) in [6.07, 6.45) is 3.95. The van der Waals surface area contributed by atoms with Crippen molar-refractivity contribution in [3.63, 3.8) is 0 Å². The highest BCUT2D eigenvalue weighted by molar-refractivity contribution is 5.79. The molecule has 0 aliphatic heterocycles. The zero-order valence-electron chi connectivity index (χ0n) is 12.0. The number of allylic oxidation sites excluding steroid dienone is 2. The van der Waals surface area contributed by atoms with Crippen LogP contribution in [-0.2, 0) is 19.0 Å². The first kappa shape index (κ1) is 17.4. The molecule has 2 atom stereocenters. The average Bonchev–Trinajstić information content (AvgIpc) is 2.40.